The van der Waals surface area contributed by atoms with Gasteiger partial charge in [-0.15, -0.1) is 0 Å². The minimum atomic E-state index is -3.32. The number of nitrogens with one attached hydrogen (secondary N) is 1. The average molecular weight is 391 g/mol. The first-order valence-corrected chi connectivity index (χ1v) is 10.2. The Labute approximate surface area is 83.5 Å². The molecule has 0 rings (SSSR count). The lowest BCUT2D eigenvalue weighted by atomic mass is 10.8. The summed E-state index contributed by atoms with van der Waals surface area (Å²) >= 11 is 4.24. The Morgan fingerprint density at radius 1 is 1.40 bits per heavy atom. The summed E-state index contributed by atoms with van der Waals surface area (Å²) in [6.45, 7) is 1.14. The van der Waals surface area contributed by atoms with Gasteiger partial charge in [0.1, 0.15) is 0 Å². The standard InChI is InChI=1S/C3H7NO3S.I2/c1-3(5)4-8(2,6)7;1-2/h1-2H3,(H,4,5);. The van der Waals surface area contributed by atoms with Crippen molar-refractivity contribution in [3.63, 3.8) is 0 Å². The van der Waals surface area contributed by atoms with Crippen LogP contribution >= 0.6 is 37.2 Å². The summed E-state index contributed by atoms with van der Waals surface area (Å²) in [7, 11) is -3.32. The molecule has 0 aromatic rings. The number of halogens is 2. The molecular weight excluding hydrogens is 384 g/mol. The topological polar surface area (TPSA) is 63.2 Å². The number of carbonyl (C=O) groups is 1. The van der Waals surface area contributed by atoms with E-state index in [1.807, 2.05) is 0 Å². The summed E-state index contributed by atoms with van der Waals surface area (Å²) in [5, 5.41) is 0. The van der Waals surface area contributed by atoms with Crippen LogP contribution in [-0.4, -0.2) is 20.6 Å². The third kappa shape index (κ3) is 15.9. The fourth-order valence-electron chi connectivity index (χ4n) is 0.261. The number of sulfonamides is 1. The van der Waals surface area contributed by atoms with E-state index < -0.39 is 15.9 Å². The second-order valence-corrected chi connectivity index (χ2v) is 3.18. The van der Waals surface area contributed by atoms with Gasteiger partial charge in [-0.2, -0.15) is 0 Å². The SMILES string of the molecule is CC(=O)NS(C)(=O)=O.II. The molecule has 7 heteroatoms. The maximum absolute atomic E-state index is 10.1. The van der Waals surface area contributed by atoms with Crippen LogP contribution in [0.1, 0.15) is 6.92 Å². The Kier molecular flexibility index (Phi) is 8.86. The van der Waals surface area contributed by atoms with Gasteiger partial charge >= 0.3 is 0 Å². The van der Waals surface area contributed by atoms with Crippen molar-refractivity contribution in [3.05, 3.63) is 0 Å². The number of hydrogen-bond acceptors (Lipinski definition) is 3. The third-order valence-electron chi connectivity index (χ3n) is 0.329. The maximum atomic E-state index is 10.1. The lowest BCUT2D eigenvalue weighted by Crippen LogP contribution is -2.26. The van der Waals surface area contributed by atoms with Gasteiger partial charge in [0.05, 0.1) is 6.26 Å². The molecule has 0 fully saturated rings. The molecular formula is C3H7I2NO3S. The van der Waals surface area contributed by atoms with E-state index in [-0.39, 0.29) is 0 Å². The molecule has 0 radical (unpaired) electrons. The highest BCUT2D eigenvalue weighted by Crippen LogP contribution is 1.89. The van der Waals surface area contributed by atoms with Crippen molar-refractivity contribution in [1.29, 1.82) is 0 Å². The monoisotopic (exact) mass is 391 g/mol. The van der Waals surface area contributed by atoms with Crippen molar-refractivity contribution in [2.24, 2.45) is 0 Å². The zero-order valence-corrected chi connectivity index (χ0v) is 10.5. The lowest BCUT2D eigenvalue weighted by molar-refractivity contribution is -0.117. The van der Waals surface area contributed by atoms with Crippen molar-refractivity contribution in [3.8, 4) is 0 Å². The van der Waals surface area contributed by atoms with Crippen LogP contribution in [-0.2, 0) is 14.8 Å². The summed E-state index contributed by atoms with van der Waals surface area (Å²) in [5.74, 6) is -0.562. The van der Waals surface area contributed by atoms with Gasteiger partial charge in [0.25, 0.3) is 0 Å². The first-order valence-electron chi connectivity index (χ1n) is 2.04. The van der Waals surface area contributed by atoms with Crippen molar-refractivity contribution < 1.29 is 13.2 Å². The fraction of sp³-hybridized carbons (Fsp3) is 0.667. The summed E-state index contributed by atoms with van der Waals surface area (Å²) in [5.41, 5.74) is 0. The predicted octanol–water partition coefficient (Wildman–Crippen LogP) is 0.854. The quantitative estimate of drug-likeness (QED) is 0.675. The highest BCUT2D eigenvalue weighted by Gasteiger charge is 1.99. The second kappa shape index (κ2) is 6.58. The van der Waals surface area contributed by atoms with E-state index in [4.69, 9.17) is 0 Å². The van der Waals surface area contributed by atoms with Crippen molar-refractivity contribution in [2.75, 3.05) is 6.26 Å². The normalized spacial score (nSPS) is 9.20. The van der Waals surface area contributed by atoms with E-state index in [9.17, 15) is 13.2 Å². The van der Waals surface area contributed by atoms with Gasteiger partial charge < -0.3 is 0 Å². The molecule has 0 aliphatic rings. The minimum absolute atomic E-state index is 0.562. The van der Waals surface area contributed by atoms with E-state index >= 15 is 0 Å². The van der Waals surface area contributed by atoms with Gasteiger partial charge in [-0.05, 0) is 0 Å². The molecule has 0 unspecified atom stereocenters. The molecule has 0 aromatic heterocycles. The van der Waals surface area contributed by atoms with Gasteiger partial charge in [0, 0.05) is 44.2 Å². The molecule has 0 saturated heterocycles. The van der Waals surface area contributed by atoms with Gasteiger partial charge in [-0.3, -0.25) is 9.52 Å². The minimum Gasteiger partial charge on any atom is -0.274 e. The maximum Gasteiger partial charge on any atom is 0.231 e. The number of rotatable bonds is 1. The van der Waals surface area contributed by atoms with Crippen LogP contribution in [0.15, 0.2) is 0 Å². The molecule has 10 heavy (non-hydrogen) atoms. The smallest absolute Gasteiger partial charge is 0.231 e. The lowest BCUT2D eigenvalue weighted by Gasteiger charge is -1.93. The zero-order chi connectivity index (χ0) is 8.78. The molecule has 0 aromatic carbocycles. The van der Waals surface area contributed by atoms with Crippen LogP contribution in [0, 0.1) is 0 Å². The second-order valence-electron chi connectivity index (χ2n) is 1.43. The Morgan fingerprint density at radius 3 is 1.70 bits per heavy atom. The molecule has 0 aliphatic heterocycles. The van der Waals surface area contributed by atoms with E-state index in [0.29, 0.717) is 0 Å². The Hall–Kier alpha value is 0.880. The highest BCUT2D eigenvalue weighted by molar-refractivity contribution is 15.0. The summed E-state index contributed by atoms with van der Waals surface area (Å²) in [6.07, 6.45) is 0.925. The molecule has 0 saturated carbocycles. The molecule has 0 aliphatic carbocycles. The Balaban J connectivity index is 0. The zero-order valence-electron chi connectivity index (χ0n) is 5.39. The van der Waals surface area contributed by atoms with Gasteiger partial charge in [-0.25, -0.2) is 8.42 Å². The van der Waals surface area contributed by atoms with Crippen LogP contribution < -0.4 is 4.72 Å². The summed E-state index contributed by atoms with van der Waals surface area (Å²) in [4.78, 5) is 9.97. The fourth-order valence-corrected chi connectivity index (χ4v) is 0.783. The molecule has 0 heterocycles. The first kappa shape index (κ1) is 13.5. The third-order valence-corrected chi connectivity index (χ3v) is 0.987. The van der Waals surface area contributed by atoms with Crippen LogP contribution in [0.5, 0.6) is 0 Å². The number of amides is 1. The predicted molar refractivity (Wildman–Crippen MR) is 56.7 cm³/mol. The van der Waals surface area contributed by atoms with E-state index in [0.717, 1.165) is 13.2 Å². The summed E-state index contributed by atoms with van der Waals surface area (Å²) in [6, 6.07) is 0. The van der Waals surface area contributed by atoms with Crippen molar-refractivity contribution >= 4 is 53.2 Å². The van der Waals surface area contributed by atoms with E-state index in [1.54, 1.807) is 4.72 Å². The van der Waals surface area contributed by atoms with Crippen LogP contribution in [0.2, 0.25) is 0 Å². The molecule has 1 amide bonds. The number of carbonyl (C=O) groups excluding carboxylic acids is 1. The summed E-state index contributed by atoms with van der Waals surface area (Å²) < 4.78 is 21.9. The largest absolute Gasteiger partial charge is 0.274 e. The van der Waals surface area contributed by atoms with E-state index in [1.165, 1.54) is 0 Å². The molecule has 0 spiro atoms. The van der Waals surface area contributed by atoms with Gasteiger partial charge in [0.15, 0.2) is 0 Å². The van der Waals surface area contributed by atoms with Gasteiger partial charge in [-0.1, -0.05) is 0 Å². The molecule has 62 valence electrons. The Morgan fingerprint density at radius 2 is 1.70 bits per heavy atom. The van der Waals surface area contributed by atoms with Crippen molar-refractivity contribution in [2.45, 2.75) is 6.92 Å². The average Bonchev–Trinajstić information content (AvgIpc) is 1.64. The molecule has 4 nitrogen and oxygen atoms in total. The van der Waals surface area contributed by atoms with Crippen LogP contribution in [0.3, 0.4) is 0 Å². The number of hydrogen-bond donors (Lipinski definition) is 1. The Bertz CT molecular complexity index is 188. The van der Waals surface area contributed by atoms with Crippen LogP contribution in [0.4, 0.5) is 0 Å². The first-order chi connectivity index (χ1) is 4.42. The van der Waals surface area contributed by atoms with E-state index in [2.05, 4.69) is 37.2 Å². The highest BCUT2D eigenvalue weighted by atomic mass is 128. The van der Waals surface area contributed by atoms with Crippen LogP contribution in [0.25, 0.3) is 0 Å². The van der Waals surface area contributed by atoms with Gasteiger partial charge in [0.2, 0.25) is 15.9 Å². The van der Waals surface area contributed by atoms with Crippen molar-refractivity contribution in [1.82, 2.24) is 4.72 Å². The molecule has 0 bridgehead atoms. The molecule has 1 N–H and O–H groups in total. The molecule has 0 atom stereocenters.